The monoisotopic (exact) mass is 691 g/mol. The zero-order chi connectivity index (χ0) is 36.3. The number of fused-ring (bicyclic) bond motifs is 2. The Bertz CT molecular complexity index is 2660. The van der Waals surface area contributed by atoms with E-state index >= 15 is 0 Å². The molecule has 1 heterocycles. The zero-order valence-corrected chi connectivity index (χ0v) is 29.8. The van der Waals surface area contributed by atoms with Gasteiger partial charge in [0.25, 0.3) is 0 Å². The number of allylic oxidation sites excluding steroid dienone is 4. The maximum atomic E-state index is 6.48. The number of hydrogen-bond donors (Lipinski definition) is 0. The van der Waals surface area contributed by atoms with Crippen LogP contribution in [0.3, 0.4) is 0 Å². The van der Waals surface area contributed by atoms with Crippen molar-refractivity contribution in [2.75, 3.05) is 4.90 Å². The maximum absolute atomic E-state index is 6.48. The molecule has 8 aromatic carbocycles. The van der Waals surface area contributed by atoms with Crippen LogP contribution in [0.15, 0.2) is 219 Å². The van der Waals surface area contributed by atoms with Crippen LogP contribution in [0.4, 0.5) is 17.1 Å². The first kappa shape index (κ1) is 32.7. The van der Waals surface area contributed by atoms with Gasteiger partial charge in [0.2, 0.25) is 0 Å². The molecule has 9 rings (SSSR count). The van der Waals surface area contributed by atoms with Crippen LogP contribution >= 0.6 is 0 Å². The predicted octanol–water partition coefficient (Wildman–Crippen LogP) is 14.3. The van der Waals surface area contributed by atoms with E-state index in [1.165, 1.54) is 33.0 Å². The van der Waals surface area contributed by atoms with Crippen molar-refractivity contribution in [3.05, 3.63) is 230 Å². The van der Waals surface area contributed by atoms with Crippen LogP contribution in [0.2, 0.25) is 0 Å². The highest BCUT2D eigenvalue weighted by molar-refractivity contribution is 5.97. The summed E-state index contributed by atoms with van der Waals surface area (Å²) in [6.07, 6.45) is 6.04. The molecule has 0 saturated heterocycles. The van der Waals surface area contributed by atoms with Gasteiger partial charge in [0, 0.05) is 28.1 Å². The molecule has 0 radical (unpaired) electrons. The van der Waals surface area contributed by atoms with E-state index in [2.05, 4.69) is 181 Å². The summed E-state index contributed by atoms with van der Waals surface area (Å²) in [5, 5.41) is 2.52. The number of hydrogen-bond acceptors (Lipinski definition) is 2. The van der Waals surface area contributed by atoms with Crippen molar-refractivity contribution in [1.29, 1.82) is 0 Å². The average molecular weight is 692 g/mol. The van der Waals surface area contributed by atoms with Crippen LogP contribution in [0.1, 0.15) is 11.1 Å². The third-order valence-corrected chi connectivity index (χ3v) is 10.1. The molecular weight excluding hydrogens is 655 g/mol. The topological polar surface area (TPSA) is 12.5 Å². The highest BCUT2D eigenvalue weighted by Crippen LogP contribution is 2.42. The maximum Gasteiger partial charge on any atom is 0.135 e. The van der Waals surface area contributed by atoms with E-state index in [9.17, 15) is 0 Å². The van der Waals surface area contributed by atoms with Gasteiger partial charge in [-0.15, -0.1) is 0 Å². The fraction of sp³-hybridized carbons (Fsp3) is 0. The summed E-state index contributed by atoms with van der Waals surface area (Å²) < 4.78 is 6.48. The van der Waals surface area contributed by atoms with E-state index in [-0.39, 0.29) is 0 Å². The summed E-state index contributed by atoms with van der Waals surface area (Å²) in [5.41, 5.74) is 13.2. The predicted molar refractivity (Wildman–Crippen MR) is 228 cm³/mol. The van der Waals surface area contributed by atoms with Crippen LogP contribution in [0.25, 0.3) is 55.5 Å². The molecule has 1 aliphatic rings. The largest absolute Gasteiger partial charge is 0.456 e. The SMILES string of the molecule is C=C1/C=C\C=C(\c2ccc(N(c3ccc(-c4ccc(-c5cccc6ccccc56)cc4)cc3)c3ccccc3-c3ccccc3)cc2)Oc2ccccc21. The Balaban J connectivity index is 1.07. The number of ether oxygens (including phenoxy) is 1. The molecule has 0 fully saturated rings. The molecule has 8 aromatic rings. The Hall–Kier alpha value is -7.16. The molecule has 2 heteroatoms. The van der Waals surface area contributed by atoms with Crippen LogP contribution < -0.4 is 9.64 Å². The van der Waals surface area contributed by atoms with Gasteiger partial charge in [0.1, 0.15) is 11.5 Å². The van der Waals surface area contributed by atoms with Crippen molar-refractivity contribution in [3.63, 3.8) is 0 Å². The second-order valence-corrected chi connectivity index (χ2v) is 13.4. The van der Waals surface area contributed by atoms with Gasteiger partial charge in [0.15, 0.2) is 0 Å². The van der Waals surface area contributed by atoms with Gasteiger partial charge in [0.05, 0.1) is 5.69 Å². The Labute approximate surface area is 316 Å². The molecule has 0 N–H and O–H groups in total. The number of benzene rings is 8. The molecule has 0 bridgehead atoms. The quantitative estimate of drug-likeness (QED) is 0.165. The second-order valence-electron chi connectivity index (χ2n) is 13.4. The van der Waals surface area contributed by atoms with E-state index < -0.39 is 0 Å². The van der Waals surface area contributed by atoms with Crippen molar-refractivity contribution >= 4 is 39.2 Å². The van der Waals surface area contributed by atoms with Gasteiger partial charge in [-0.2, -0.15) is 0 Å². The first-order valence-corrected chi connectivity index (χ1v) is 18.3. The molecule has 2 nitrogen and oxygen atoms in total. The van der Waals surface area contributed by atoms with Crippen molar-refractivity contribution < 1.29 is 4.74 Å². The molecule has 0 spiro atoms. The van der Waals surface area contributed by atoms with Gasteiger partial charge < -0.3 is 9.64 Å². The minimum atomic E-state index is 0.782. The molecule has 0 saturated carbocycles. The second kappa shape index (κ2) is 14.5. The summed E-state index contributed by atoms with van der Waals surface area (Å²) in [7, 11) is 0. The van der Waals surface area contributed by atoms with Crippen LogP contribution in [-0.4, -0.2) is 0 Å². The fourth-order valence-electron chi connectivity index (χ4n) is 7.32. The Morgan fingerprint density at radius 1 is 0.407 bits per heavy atom. The lowest BCUT2D eigenvalue weighted by atomic mass is 9.96. The molecule has 0 aliphatic carbocycles. The minimum Gasteiger partial charge on any atom is -0.456 e. The van der Waals surface area contributed by atoms with Crippen LogP contribution in [-0.2, 0) is 0 Å². The third-order valence-electron chi connectivity index (χ3n) is 10.1. The van der Waals surface area contributed by atoms with E-state index in [0.29, 0.717) is 0 Å². The smallest absolute Gasteiger partial charge is 0.135 e. The first-order chi connectivity index (χ1) is 26.7. The summed E-state index contributed by atoms with van der Waals surface area (Å²) in [6.45, 7) is 4.22. The number of rotatable bonds is 7. The van der Waals surface area contributed by atoms with Gasteiger partial charge in [-0.3, -0.25) is 0 Å². The standard InChI is InChI=1S/C52H37NO/c1-37-13-11-24-51(54-52-23-10-8-18-46(37)52)43-31-35-45(36-32-43)53(50-22-9-7-20-49(50)41-14-3-2-4-15-41)44-33-29-39(30-34-44)38-25-27-42(28-26-38)48-21-12-17-40-16-5-6-19-47(40)48/h2-36H,1H2/b13-11-,51-24-. The summed E-state index contributed by atoms with van der Waals surface area (Å²) in [6, 6.07) is 68.8. The molecule has 0 aromatic heterocycles. The van der Waals surface area contributed by atoms with Crippen molar-refractivity contribution in [2.24, 2.45) is 0 Å². The van der Waals surface area contributed by atoms with Gasteiger partial charge in [-0.25, -0.2) is 0 Å². The molecule has 1 aliphatic heterocycles. The van der Waals surface area contributed by atoms with Gasteiger partial charge in [-0.1, -0.05) is 164 Å². The zero-order valence-electron chi connectivity index (χ0n) is 29.8. The number of nitrogens with zero attached hydrogens (tertiary/aromatic N) is 1. The van der Waals surface area contributed by atoms with E-state index in [1.807, 2.05) is 42.5 Å². The average Bonchev–Trinajstić information content (AvgIpc) is 3.24. The molecule has 0 amide bonds. The molecular formula is C52H37NO. The lowest BCUT2D eigenvalue weighted by Crippen LogP contribution is -2.11. The van der Waals surface area contributed by atoms with Crippen molar-refractivity contribution in [3.8, 4) is 39.1 Å². The van der Waals surface area contributed by atoms with E-state index in [1.54, 1.807) is 0 Å². The highest BCUT2D eigenvalue weighted by atomic mass is 16.5. The summed E-state index contributed by atoms with van der Waals surface area (Å²) in [5.74, 6) is 1.58. The summed E-state index contributed by atoms with van der Waals surface area (Å²) >= 11 is 0. The summed E-state index contributed by atoms with van der Waals surface area (Å²) in [4.78, 5) is 2.34. The lowest BCUT2D eigenvalue weighted by molar-refractivity contribution is 0.513. The molecule has 0 atom stereocenters. The fourth-order valence-corrected chi connectivity index (χ4v) is 7.32. The minimum absolute atomic E-state index is 0.782. The van der Waals surface area contributed by atoms with Crippen molar-refractivity contribution in [2.45, 2.75) is 0 Å². The number of anilines is 3. The Morgan fingerprint density at radius 2 is 0.944 bits per heavy atom. The molecule has 54 heavy (non-hydrogen) atoms. The normalized spacial score (nSPS) is 13.9. The van der Waals surface area contributed by atoms with Gasteiger partial charge >= 0.3 is 0 Å². The van der Waals surface area contributed by atoms with Gasteiger partial charge in [-0.05, 0) is 98.8 Å². The first-order valence-electron chi connectivity index (χ1n) is 18.3. The lowest BCUT2D eigenvalue weighted by Gasteiger charge is -2.28. The van der Waals surface area contributed by atoms with Crippen LogP contribution in [0.5, 0.6) is 5.75 Å². The highest BCUT2D eigenvalue weighted by Gasteiger charge is 2.18. The Morgan fingerprint density at radius 3 is 1.70 bits per heavy atom. The van der Waals surface area contributed by atoms with Crippen LogP contribution in [0, 0.1) is 0 Å². The Kier molecular flexibility index (Phi) is 8.76. The molecule has 0 unspecified atom stereocenters. The van der Waals surface area contributed by atoms with E-state index in [0.717, 1.165) is 56.4 Å². The number of para-hydroxylation sites is 2. The van der Waals surface area contributed by atoms with Crippen molar-refractivity contribution in [1.82, 2.24) is 0 Å². The van der Waals surface area contributed by atoms with E-state index in [4.69, 9.17) is 4.74 Å². The third kappa shape index (κ3) is 6.42. The molecule has 256 valence electrons.